The van der Waals surface area contributed by atoms with Crippen molar-refractivity contribution >= 4 is 5.91 Å². The number of aryl methyl sites for hydroxylation is 2. The molecule has 122 valence electrons. The summed E-state index contributed by atoms with van der Waals surface area (Å²) in [6.07, 6.45) is 1.85. The smallest absolute Gasteiger partial charge is 0.248 e. The molecule has 1 aliphatic rings. The zero-order chi connectivity index (χ0) is 16.3. The summed E-state index contributed by atoms with van der Waals surface area (Å²) in [4.78, 5) is 12.7. The number of carbonyl (C=O) groups is 1. The maximum atomic E-state index is 12.7. The molecule has 1 unspecified atom stereocenters. The Morgan fingerprint density at radius 1 is 1.35 bits per heavy atom. The van der Waals surface area contributed by atoms with Crippen LogP contribution in [0.1, 0.15) is 30.6 Å². The van der Waals surface area contributed by atoms with E-state index in [1.165, 1.54) is 5.56 Å². The van der Waals surface area contributed by atoms with E-state index in [1.54, 1.807) is 0 Å². The summed E-state index contributed by atoms with van der Waals surface area (Å²) in [5.41, 5.74) is 0.499. The molecule has 1 aliphatic heterocycles. The van der Waals surface area contributed by atoms with Gasteiger partial charge in [-0.15, -0.1) is 10.2 Å². The number of fused-ring (bicyclic) bond motifs is 1. The Morgan fingerprint density at radius 3 is 2.91 bits per heavy atom. The topological polar surface area (TPSA) is 69.0 Å². The highest BCUT2D eigenvalue weighted by molar-refractivity contribution is 5.84. The van der Waals surface area contributed by atoms with Crippen LogP contribution in [0.3, 0.4) is 0 Å². The summed E-state index contributed by atoms with van der Waals surface area (Å²) in [6.45, 7) is 5.11. The largest absolute Gasteiger partial charge is 0.370 e. The number of nitrogens with zero attached hydrogens (tertiary/aromatic N) is 3. The van der Waals surface area contributed by atoms with Crippen LogP contribution in [0.4, 0.5) is 0 Å². The molecule has 1 amide bonds. The van der Waals surface area contributed by atoms with Gasteiger partial charge >= 0.3 is 0 Å². The van der Waals surface area contributed by atoms with Crippen molar-refractivity contribution in [3.8, 4) is 0 Å². The van der Waals surface area contributed by atoms with E-state index in [-0.39, 0.29) is 5.91 Å². The molecule has 6 heteroatoms. The van der Waals surface area contributed by atoms with Gasteiger partial charge in [0.2, 0.25) is 5.91 Å². The molecule has 1 N–H and O–H groups in total. The number of carbonyl (C=O) groups excluding carboxylic acids is 1. The van der Waals surface area contributed by atoms with Crippen molar-refractivity contribution in [2.24, 2.45) is 0 Å². The average molecular weight is 314 g/mol. The number of hydrogen-bond donors (Lipinski definition) is 1. The second-order valence-electron chi connectivity index (χ2n) is 6.11. The van der Waals surface area contributed by atoms with Gasteiger partial charge in [-0.05, 0) is 32.3 Å². The number of ether oxygens (including phenoxy) is 1. The lowest BCUT2D eigenvalue weighted by Gasteiger charge is -2.34. The van der Waals surface area contributed by atoms with Crippen LogP contribution in [0.25, 0.3) is 0 Å². The highest BCUT2D eigenvalue weighted by Gasteiger charge is 2.41. The van der Waals surface area contributed by atoms with Crippen LogP contribution in [-0.4, -0.2) is 33.8 Å². The van der Waals surface area contributed by atoms with Crippen molar-refractivity contribution in [1.29, 1.82) is 0 Å². The van der Waals surface area contributed by atoms with Crippen LogP contribution in [-0.2, 0) is 28.1 Å². The lowest BCUT2D eigenvalue weighted by atomic mass is 10.00. The fourth-order valence-corrected chi connectivity index (χ4v) is 3.04. The zero-order valence-electron chi connectivity index (χ0n) is 13.6. The van der Waals surface area contributed by atoms with Crippen LogP contribution in [0.5, 0.6) is 0 Å². The van der Waals surface area contributed by atoms with Crippen molar-refractivity contribution < 1.29 is 9.53 Å². The van der Waals surface area contributed by atoms with Gasteiger partial charge in [0.25, 0.3) is 0 Å². The van der Waals surface area contributed by atoms with Crippen molar-refractivity contribution in [1.82, 2.24) is 20.1 Å². The summed E-state index contributed by atoms with van der Waals surface area (Å²) in [7, 11) is 0. The first-order valence-corrected chi connectivity index (χ1v) is 7.92. The standard InChI is InChI=1S/C17H22N4O2/c1-13-19-20-15-11-23-12-17(2,21(13)15)16(22)18-10-6-9-14-7-4-3-5-8-14/h3-5,7-8H,6,9-12H2,1-2H3,(H,18,22). The van der Waals surface area contributed by atoms with E-state index in [4.69, 9.17) is 4.74 Å². The Balaban J connectivity index is 1.59. The van der Waals surface area contributed by atoms with Gasteiger partial charge < -0.3 is 10.1 Å². The third kappa shape index (κ3) is 3.12. The predicted molar refractivity (Wildman–Crippen MR) is 85.8 cm³/mol. The Labute approximate surface area is 135 Å². The molecule has 1 atom stereocenters. The molecule has 0 saturated carbocycles. The first-order valence-electron chi connectivity index (χ1n) is 7.92. The van der Waals surface area contributed by atoms with E-state index >= 15 is 0 Å². The van der Waals surface area contributed by atoms with Crippen LogP contribution in [0.2, 0.25) is 0 Å². The fourth-order valence-electron chi connectivity index (χ4n) is 3.04. The predicted octanol–water partition coefficient (Wildman–Crippen LogP) is 1.58. The fraction of sp³-hybridized carbons (Fsp3) is 0.471. The summed E-state index contributed by atoms with van der Waals surface area (Å²) in [5.74, 6) is 1.40. The molecule has 1 aromatic carbocycles. The first-order chi connectivity index (χ1) is 11.1. The highest BCUT2D eigenvalue weighted by Crippen LogP contribution is 2.25. The minimum Gasteiger partial charge on any atom is -0.370 e. The normalized spacial score (nSPS) is 20.1. The lowest BCUT2D eigenvalue weighted by Crippen LogP contribution is -2.53. The quantitative estimate of drug-likeness (QED) is 0.851. The van der Waals surface area contributed by atoms with Crippen molar-refractivity contribution in [2.75, 3.05) is 13.2 Å². The van der Waals surface area contributed by atoms with Crippen molar-refractivity contribution in [3.05, 3.63) is 47.5 Å². The lowest BCUT2D eigenvalue weighted by molar-refractivity contribution is -0.135. The number of amides is 1. The van der Waals surface area contributed by atoms with Gasteiger partial charge in [-0.2, -0.15) is 0 Å². The van der Waals surface area contributed by atoms with Crippen molar-refractivity contribution in [3.63, 3.8) is 0 Å². The molecule has 1 aromatic heterocycles. The second-order valence-corrected chi connectivity index (χ2v) is 6.11. The van der Waals surface area contributed by atoms with Crippen LogP contribution in [0, 0.1) is 6.92 Å². The number of nitrogens with one attached hydrogen (secondary N) is 1. The van der Waals surface area contributed by atoms with Crippen LogP contribution in [0.15, 0.2) is 30.3 Å². The van der Waals surface area contributed by atoms with Gasteiger partial charge in [0.05, 0.1) is 6.61 Å². The molecular formula is C17H22N4O2. The molecule has 0 aliphatic carbocycles. The molecule has 0 radical (unpaired) electrons. The van der Waals surface area contributed by atoms with Gasteiger partial charge in [-0.3, -0.25) is 9.36 Å². The molecular weight excluding hydrogens is 292 g/mol. The molecule has 2 aromatic rings. The van der Waals surface area contributed by atoms with Crippen LogP contribution >= 0.6 is 0 Å². The summed E-state index contributed by atoms with van der Waals surface area (Å²) in [6, 6.07) is 10.3. The van der Waals surface area contributed by atoms with Gasteiger partial charge in [0.15, 0.2) is 5.82 Å². The molecule has 23 heavy (non-hydrogen) atoms. The highest BCUT2D eigenvalue weighted by atomic mass is 16.5. The summed E-state index contributed by atoms with van der Waals surface area (Å²) >= 11 is 0. The van der Waals surface area contributed by atoms with Gasteiger partial charge in [-0.25, -0.2) is 0 Å². The Bertz CT molecular complexity index is 683. The molecule has 2 heterocycles. The zero-order valence-corrected chi connectivity index (χ0v) is 13.6. The molecule has 0 fully saturated rings. The van der Waals surface area contributed by atoms with Gasteiger partial charge in [-0.1, -0.05) is 30.3 Å². The average Bonchev–Trinajstić information content (AvgIpc) is 2.95. The molecule has 3 rings (SSSR count). The SMILES string of the molecule is Cc1nnc2n1C(C)(C(=O)NCCCc1ccccc1)COC2. The maximum Gasteiger partial charge on any atom is 0.248 e. The minimum absolute atomic E-state index is 0.0468. The van der Waals surface area contributed by atoms with E-state index in [1.807, 2.05) is 36.6 Å². The Kier molecular flexibility index (Phi) is 4.43. The third-order valence-electron chi connectivity index (χ3n) is 4.26. The van der Waals surface area contributed by atoms with E-state index < -0.39 is 5.54 Å². The molecule has 0 spiro atoms. The van der Waals surface area contributed by atoms with E-state index in [9.17, 15) is 4.79 Å². The number of benzene rings is 1. The monoisotopic (exact) mass is 314 g/mol. The Hall–Kier alpha value is -2.21. The summed E-state index contributed by atoms with van der Waals surface area (Å²) < 4.78 is 7.43. The van der Waals surface area contributed by atoms with E-state index in [0.717, 1.165) is 18.7 Å². The number of rotatable bonds is 5. The van der Waals surface area contributed by atoms with Crippen LogP contribution < -0.4 is 5.32 Å². The van der Waals surface area contributed by atoms with E-state index in [0.29, 0.717) is 25.6 Å². The molecule has 0 saturated heterocycles. The Morgan fingerprint density at radius 2 is 2.13 bits per heavy atom. The van der Waals surface area contributed by atoms with Crippen molar-refractivity contribution in [2.45, 2.75) is 38.8 Å². The number of hydrogen-bond acceptors (Lipinski definition) is 4. The van der Waals surface area contributed by atoms with Gasteiger partial charge in [0, 0.05) is 6.54 Å². The third-order valence-corrected chi connectivity index (χ3v) is 4.26. The number of aromatic nitrogens is 3. The van der Waals surface area contributed by atoms with Gasteiger partial charge in [0.1, 0.15) is 18.0 Å². The van der Waals surface area contributed by atoms with E-state index in [2.05, 4.69) is 27.6 Å². The molecule has 6 nitrogen and oxygen atoms in total. The first kappa shape index (κ1) is 15.7. The second kappa shape index (κ2) is 6.50. The maximum absolute atomic E-state index is 12.7. The molecule has 0 bridgehead atoms. The minimum atomic E-state index is -0.784. The summed E-state index contributed by atoms with van der Waals surface area (Å²) in [5, 5.41) is 11.2.